The molecule has 0 unspecified atom stereocenters. The summed E-state index contributed by atoms with van der Waals surface area (Å²) in [6.07, 6.45) is 8.28. The molecule has 54 heavy (non-hydrogen) atoms. The van der Waals surface area contributed by atoms with Crippen molar-refractivity contribution >= 4 is 17.4 Å². The lowest BCUT2D eigenvalue weighted by Crippen LogP contribution is -2.73. The number of carbonyl (C=O) groups is 2. The van der Waals surface area contributed by atoms with Crippen molar-refractivity contribution < 1.29 is 45.0 Å². The minimum absolute atomic E-state index is 0.0281. The number of nitrogens with zero attached hydrogens (tertiary/aromatic N) is 1. The van der Waals surface area contributed by atoms with Crippen LogP contribution in [0.5, 0.6) is 5.75 Å². The van der Waals surface area contributed by atoms with Crippen LogP contribution in [0.15, 0.2) is 42.0 Å². The molecule has 2 aliphatic heterocycles. The molecule has 0 aromatic heterocycles. The van der Waals surface area contributed by atoms with Crippen molar-refractivity contribution in [3.8, 4) is 5.75 Å². The van der Waals surface area contributed by atoms with E-state index in [2.05, 4.69) is 32.9 Å². The van der Waals surface area contributed by atoms with E-state index in [1.165, 1.54) is 0 Å². The zero-order valence-corrected chi connectivity index (χ0v) is 32.2. The summed E-state index contributed by atoms with van der Waals surface area (Å²) in [6.45, 7) is 8.68. The molecular formula is C44H59NO9. The summed E-state index contributed by atoms with van der Waals surface area (Å²) in [7, 11) is 0. The third-order valence-corrected chi connectivity index (χ3v) is 17.6. The maximum Gasteiger partial charge on any atom is 0.227 e. The van der Waals surface area contributed by atoms with E-state index in [1.54, 1.807) is 23.1 Å². The van der Waals surface area contributed by atoms with Crippen molar-refractivity contribution in [2.45, 2.75) is 134 Å². The Bertz CT molecular complexity index is 1830. The molecule has 14 atom stereocenters. The van der Waals surface area contributed by atoms with Crippen LogP contribution in [-0.4, -0.2) is 91.1 Å². The Balaban J connectivity index is 1.20. The molecule has 6 aliphatic carbocycles. The summed E-state index contributed by atoms with van der Waals surface area (Å²) in [5.74, 6) is -0.692. The molecule has 2 heterocycles. The first-order chi connectivity index (χ1) is 25.5. The number of phenolic OH excluding ortho intramolecular Hbond substituents is 1. The van der Waals surface area contributed by atoms with Gasteiger partial charge in [0.1, 0.15) is 17.5 Å². The maximum absolute atomic E-state index is 14.7. The smallest absolute Gasteiger partial charge is 0.227 e. The molecule has 1 aromatic carbocycles. The molecule has 0 bridgehead atoms. The van der Waals surface area contributed by atoms with Crippen LogP contribution in [-0.2, 0) is 20.7 Å². The van der Waals surface area contributed by atoms with Gasteiger partial charge in [0, 0.05) is 41.5 Å². The van der Waals surface area contributed by atoms with Gasteiger partial charge in [-0.3, -0.25) is 9.59 Å². The predicted octanol–water partition coefficient (Wildman–Crippen LogP) is 4.37. The van der Waals surface area contributed by atoms with Crippen LogP contribution in [0.25, 0.3) is 0 Å². The second-order valence-corrected chi connectivity index (χ2v) is 19.4. The van der Waals surface area contributed by atoms with Gasteiger partial charge in [-0.1, -0.05) is 39.8 Å². The number of hydrogen-bond donors (Lipinski definition) is 6. The largest absolute Gasteiger partial charge is 0.508 e. The Morgan fingerprint density at radius 3 is 2.52 bits per heavy atom. The van der Waals surface area contributed by atoms with E-state index < -0.39 is 63.7 Å². The molecule has 1 spiro atoms. The number of phenols is 1. The minimum Gasteiger partial charge on any atom is -0.508 e. The highest BCUT2D eigenvalue weighted by Crippen LogP contribution is 2.82. The van der Waals surface area contributed by atoms with Crippen LogP contribution in [0.2, 0.25) is 0 Å². The second kappa shape index (κ2) is 12.0. The molecule has 10 nitrogen and oxygen atoms in total. The molecular weight excluding hydrogens is 686 g/mol. The van der Waals surface area contributed by atoms with Gasteiger partial charge in [0.2, 0.25) is 5.91 Å². The summed E-state index contributed by atoms with van der Waals surface area (Å²) in [5.41, 5.74) is -4.52. The van der Waals surface area contributed by atoms with Crippen molar-refractivity contribution in [2.24, 2.45) is 51.2 Å². The van der Waals surface area contributed by atoms with Gasteiger partial charge >= 0.3 is 0 Å². The number of aliphatic hydroxyl groups excluding tert-OH is 3. The maximum atomic E-state index is 14.7. The molecule has 9 rings (SSSR count). The van der Waals surface area contributed by atoms with Crippen LogP contribution < -0.4 is 4.90 Å². The highest BCUT2D eigenvalue weighted by Gasteiger charge is 2.83. The van der Waals surface area contributed by atoms with E-state index in [4.69, 9.17) is 4.74 Å². The molecule has 6 fully saturated rings. The van der Waals surface area contributed by atoms with E-state index >= 15 is 0 Å². The number of anilines is 1. The summed E-state index contributed by atoms with van der Waals surface area (Å²) in [6, 6.07) is 5.32. The van der Waals surface area contributed by atoms with Gasteiger partial charge in [0.25, 0.3) is 0 Å². The Morgan fingerprint density at radius 1 is 1.04 bits per heavy atom. The number of carbonyl (C=O) groups excluding carboxylic acids is 2. The normalized spacial score (nSPS) is 48.0. The first-order valence-electron chi connectivity index (χ1n) is 20.7. The average Bonchev–Trinajstić information content (AvgIpc) is 3.63. The van der Waals surface area contributed by atoms with Gasteiger partial charge in [0.05, 0.1) is 35.9 Å². The van der Waals surface area contributed by atoms with Crippen molar-refractivity contribution in [1.29, 1.82) is 0 Å². The Kier molecular flexibility index (Phi) is 8.20. The molecule has 4 saturated carbocycles. The minimum atomic E-state index is -1.52. The van der Waals surface area contributed by atoms with Crippen molar-refractivity contribution in [1.82, 2.24) is 0 Å². The van der Waals surface area contributed by atoms with Crippen LogP contribution in [0.1, 0.15) is 97.5 Å². The molecule has 0 radical (unpaired) electrons. The fourth-order valence-electron chi connectivity index (χ4n) is 14.6. The lowest BCUT2D eigenvalue weighted by Gasteiger charge is -2.70. The van der Waals surface area contributed by atoms with Crippen molar-refractivity contribution in [3.63, 3.8) is 0 Å². The summed E-state index contributed by atoms with van der Waals surface area (Å²) < 4.78 is 6.43. The third-order valence-electron chi connectivity index (χ3n) is 17.6. The number of aryl methyl sites for hydroxylation is 1. The predicted molar refractivity (Wildman–Crippen MR) is 200 cm³/mol. The average molecular weight is 746 g/mol. The number of ether oxygens (including phenoxy) is 1. The number of amides is 1. The van der Waals surface area contributed by atoms with E-state index in [-0.39, 0.29) is 47.7 Å². The van der Waals surface area contributed by atoms with Crippen LogP contribution in [0, 0.1) is 51.2 Å². The molecule has 1 amide bonds. The van der Waals surface area contributed by atoms with Crippen molar-refractivity contribution in [2.75, 3.05) is 18.1 Å². The molecule has 8 aliphatic rings. The molecule has 6 N–H and O–H groups in total. The number of ketones is 1. The second-order valence-electron chi connectivity index (χ2n) is 19.4. The van der Waals surface area contributed by atoms with E-state index in [0.29, 0.717) is 81.5 Å². The van der Waals surface area contributed by atoms with Crippen LogP contribution in [0.3, 0.4) is 0 Å². The number of epoxide rings is 1. The Morgan fingerprint density at radius 2 is 1.81 bits per heavy atom. The fourth-order valence-corrected chi connectivity index (χ4v) is 14.6. The third kappa shape index (κ3) is 4.39. The zero-order valence-electron chi connectivity index (χ0n) is 32.2. The number of fused-ring (bicyclic) bond motifs is 1. The summed E-state index contributed by atoms with van der Waals surface area (Å²) >= 11 is 0. The van der Waals surface area contributed by atoms with Crippen molar-refractivity contribution in [3.05, 3.63) is 47.6 Å². The summed E-state index contributed by atoms with van der Waals surface area (Å²) in [5, 5.41) is 71.8. The van der Waals surface area contributed by atoms with Gasteiger partial charge in [-0.2, -0.15) is 0 Å². The number of aliphatic hydroxyl groups is 5. The topological polar surface area (TPSA) is 171 Å². The molecule has 1 aromatic rings. The quantitative estimate of drug-likeness (QED) is 0.167. The summed E-state index contributed by atoms with van der Waals surface area (Å²) in [4.78, 5) is 29.2. The monoisotopic (exact) mass is 745 g/mol. The number of allylic oxidation sites excluding steroid dienone is 2. The first kappa shape index (κ1) is 37.0. The lowest BCUT2D eigenvalue weighted by molar-refractivity contribution is -0.232. The molecule has 10 heteroatoms. The number of aromatic hydroxyl groups is 1. The van der Waals surface area contributed by atoms with E-state index in [9.17, 15) is 40.2 Å². The fraction of sp³-hybridized carbons (Fsp3) is 0.727. The Labute approximate surface area is 318 Å². The first-order valence-corrected chi connectivity index (χ1v) is 20.7. The van der Waals surface area contributed by atoms with Gasteiger partial charge in [-0.25, -0.2) is 0 Å². The SMILES string of the molecule is CC(C)[C@@H](C)[C@@H]1O[C@H]1[C@@]1(O)CC=C[C@@H]2C[C@@]34CC[C@H]5[C@H](O)[C@H](O)C[C@@](CO)(C(=O)C=C3[C@]3(O)CC[C@H]1[C@@]23CCc1cc(O)cc(N2CCCC2=O)c1)[C@]54C. The lowest BCUT2D eigenvalue weighted by atomic mass is 9.34. The number of benzene rings is 1. The van der Waals surface area contributed by atoms with Gasteiger partial charge in [0.15, 0.2) is 5.78 Å². The van der Waals surface area contributed by atoms with Gasteiger partial charge in [-0.05, 0) is 123 Å². The van der Waals surface area contributed by atoms with E-state index in [0.717, 1.165) is 12.0 Å². The zero-order chi connectivity index (χ0) is 38.4. The highest BCUT2D eigenvalue weighted by molar-refractivity contribution is 5.99. The van der Waals surface area contributed by atoms with Gasteiger partial charge < -0.3 is 40.3 Å². The van der Waals surface area contributed by atoms with E-state index in [1.807, 2.05) is 13.0 Å². The van der Waals surface area contributed by atoms with Gasteiger partial charge in [-0.15, -0.1) is 0 Å². The highest BCUT2D eigenvalue weighted by atomic mass is 16.6. The number of rotatable bonds is 8. The number of hydrogen-bond acceptors (Lipinski definition) is 9. The van der Waals surface area contributed by atoms with Crippen LogP contribution in [0.4, 0.5) is 5.69 Å². The molecule has 2 saturated heterocycles. The molecule has 294 valence electrons. The Hall–Kier alpha value is -2.60. The van der Waals surface area contributed by atoms with Crippen LogP contribution >= 0.6 is 0 Å². The standard InChI is InChI=1S/C44H59NO9/c1-24(2)25(3)37-38(54-37)43(52)12-5-7-27-21-40-13-10-30-36(51)31(48)22-41(23-46,39(30,40)4)34(49)20-33(40)44(53)15-11-32(43)42(27,44)14-9-26-17-28(19-29(47)18-26)45-16-6-8-35(45)50/h5,7,17-20,24-25,27,30-32,36-38,46-48,51-53H,6,8-16,21-23H2,1-4H3/t25-,27-,30+,31-,32+,36+,37+,38-,39-,40+,41-,42-,43-,44-/m1/s1.